The smallest absolute Gasteiger partial charge is 0.167 e. The normalized spacial score (nSPS) is 10.5. The van der Waals surface area contributed by atoms with Crippen molar-refractivity contribution in [1.29, 1.82) is 0 Å². The van der Waals surface area contributed by atoms with Crippen molar-refractivity contribution in [2.45, 2.75) is 13.3 Å². The lowest BCUT2D eigenvalue weighted by molar-refractivity contribution is 0.301. The zero-order valence-corrected chi connectivity index (χ0v) is 11.0. The zero-order chi connectivity index (χ0) is 13.8. The lowest BCUT2D eigenvalue weighted by atomic mass is 10.2. The van der Waals surface area contributed by atoms with Crippen LogP contribution in [0.3, 0.4) is 0 Å². The predicted octanol–water partition coefficient (Wildman–Crippen LogP) is 2.67. The number of hydrogen-bond acceptors (Lipinski definition) is 4. The first-order chi connectivity index (χ1) is 9.10. The molecule has 102 valence electrons. The molecular weight excluding hydrogens is 247 g/mol. The number of nitrogens with two attached hydrogens (primary N) is 1. The van der Waals surface area contributed by atoms with Crippen molar-refractivity contribution >= 4 is 17.1 Å². The number of anilines is 3. The van der Waals surface area contributed by atoms with Crippen LogP contribution in [-0.2, 0) is 7.05 Å². The summed E-state index contributed by atoms with van der Waals surface area (Å²) in [5, 5.41) is 7.12. The molecule has 0 saturated carbocycles. The SMILES string of the molecule is CCCOc1cc(Nc2cnn(C)c2)c(N)cc1F. The number of nitrogens with one attached hydrogen (secondary N) is 1. The van der Waals surface area contributed by atoms with E-state index in [-0.39, 0.29) is 5.75 Å². The van der Waals surface area contributed by atoms with Crippen molar-refractivity contribution < 1.29 is 9.13 Å². The van der Waals surface area contributed by atoms with Gasteiger partial charge in [0.05, 0.1) is 29.9 Å². The Morgan fingerprint density at radius 2 is 2.26 bits per heavy atom. The number of rotatable bonds is 5. The van der Waals surface area contributed by atoms with Gasteiger partial charge in [-0.05, 0) is 6.42 Å². The molecule has 0 saturated heterocycles. The van der Waals surface area contributed by atoms with Crippen LogP contribution in [0.4, 0.5) is 21.5 Å². The summed E-state index contributed by atoms with van der Waals surface area (Å²) in [5.74, 6) is -0.259. The number of benzene rings is 1. The Balaban J connectivity index is 2.24. The molecule has 2 rings (SSSR count). The summed E-state index contributed by atoms with van der Waals surface area (Å²) in [6.45, 7) is 2.43. The second-order valence-corrected chi connectivity index (χ2v) is 4.25. The molecule has 0 aliphatic heterocycles. The highest BCUT2D eigenvalue weighted by atomic mass is 19.1. The van der Waals surface area contributed by atoms with Gasteiger partial charge in [-0.3, -0.25) is 4.68 Å². The van der Waals surface area contributed by atoms with Gasteiger partial charge in [-0.2, -0.15) is 5.10 Å². The van der Waals surface area contributed by atoms with Gasteiger partial charge in [0.1, 0.15) is 0 Å². The van der Waals surface area contributed by atoms with E-state index in [4.69, 9.17) is 10.5 Å². The van der Waals surface area contributed by atoms with Crippen LogP contribution in [0, 0.1) is 5.82 Å². The van der Waals surface area contributed by atoms with Gasteiger partial charge in [-0.15, -0.1) is 0 Å². The number of ether oxygens (including phenoxy) is 1. The molecule has 6 heteroatoms. The molecular formula is C13H17FN4O. The molecule has 0 unspecified atom stereocenters. The first-order valence-electron chi connectivity index (χ1n) is 6.07. The lowest BCUT2D eigenvalue weighted by Crippen LogP contribution is -2.02. The maximum absolute atomic E-state index is 13.6. The molecule has 1 aromatic heterocycles. The fraction of sp³-hybridized carbons (Fsp3) is 0.308. The fourth-order valence-electron chi connectivity index (χ4n) is 1.64. The third kappa shape index (κ3) is 3.15. The van der Waals surface area contributed by atoms with Crippen LogP contribution in [0.1, 0.15) is 13.3 Å². The largest absolute Gasteiger partial charge is 0.490 e. The van der Waals surface area contributed by atoms with Gasteiger partial charge < -0.3 is 15.8 Å². The molecule has 2 aromatic rings. The van der Waals surface area contributed by atoms with Crippen molar-refractivity contribution in [2.24, 2.45) is 7.05 Å². The predicted molar refractivity (Wildman–Crippen MR) is 73.1 cm³/mol. The molecule has 0 bridgehead atoms. The Bertz CT molecular complexity index is 568. The summed E-state index contributed by atoms with van der Waals surface area (Å²) in [5.41, 5.74) is 7.49. The Labute approximate surface area is 111 Å². The van der Waals surface area contributed by atoms with Gasteiger partial charge >= 0.3 is 0 Å². The number of halogens is 1. The zero-order valence-electron chi connectivity index (χ0n) is 11.0. The van der Waals surface area contributed by atoms with E-state index >= 15 is 0 Å². The summed E-state index contributed by atoms with van der Waals surface area (Å²) < 4.78 is 20.6. The molecule has 19 heavy (non-hydrogen) atoms. The van der Waals surface area contributed by atoms with Crippen LogP contribution in [0.15, 0.2) is 24.5 Å². The summed E-state index contributed by atoms with van der Waals surface area (Å²) in [6.07, 6.45) is 4.28. The topological polar surface area (TPSA) is 65.1 Å². The maximum atomic E-state index is 13.6. The van der Waals surface area contributed by atoms with Crippen molar-refractivity contribution in [1.82, 2.24) is 9.78 Å². The Hall–Kier alpha value is -2.24. The van der Waals surface area contributed by atoms with Crippen LogP contribution >= 0.6 is 0 Å². The average Bonchev–Trinajstić information content (AvgIpc) is 2.77. The van der Waals surface area contributed by atoms with Gasteiger partial charge in [0, 0.05) is 25.4 Å². The van der Waals surface area contributed by atoms with Crippen molar-refractivity contribution in [3.63, 3.8) is 0 Å². The second-order valence-electron chi connectivity index (χ2n) is 4.25. The van der Waals surface area contributed by atoms with Crippen LogP contribution in [-0.4, -0.2) is 16.4 Å². The van der Waals surface area contributed by atoms with Gasteiger partial charge in [-0.1, -0.05) is 6.92 Å². The average molecular weight is 264 g/mol. The van der Waals surface area contributed by atoms with Crippen molar-refractivity contribution in [3.8, 4) is 5.75 Å². The van der Waals surface area contributed by atoms with Crippen LogP contribution in [0.5, 0.6) is 5.75 Å². The van der Waals surface area contributed by atoms with E-state index in [0.717, 1.165) is 12.1 Å². The van der Waals surface area contributed by atoms with E-state index < -0.39 is 5.82 Å². The monoisotopic (exact) mass is 264 g/mol. The minimum atomic E-state index is -0.456. The molecule has 0 atom stereocenters. The highest BCUT2D eigenvalue weighted by Gasteiger charge is 2.10. The fourth-order valence-corrected chi connectivity index (χ4v) is 1.64. The number of hydrogen-bond donors (Lipinski definition) is 2. The summed E-state index contributed by atoms with van der Waals surface area (Å²) >= 11 is 0. The Kier molecular flexibility index (Phi) is 3.89. The van der Waals surface area contributed by atoms with E-state index in [2.05, 4.69) is 10.4 Å². The lowest BCUT2D eigenvalue weighted by Gasteiger charge is -2.12. The van der Waals surface area contributed by atoms with Crippen LogP contribution in [0.25, 0.3) is 0 Å². The van der Waals surface area contributed by atoms with Gasteiger partial charge in [0.15, 0.2) is 11.6 Å². The number of aromatic nitrogens is 2. The molecule has 0 spiro atoms. The Morgan fingerprint density at radius 1 is 1.47 bits per heavy atom. The summed E-state index contributed by atoms with van der Waals surface area (Å²) in [6, 6.07) is 2.82. The van der Waals surface area contributed by atoms with Crippen molar-refractivity contribution in [2.75, 3.05) is 17.7 Å². The van der Waals surface area contributed by atoms with E-state index in [1.165, 1.54) is 6.07 Å². The third-order valence-electron chi connectivity index (χ3n) is 2.55. The minimum absolute atomic E-state index is 0.197. The quantitative estimate of drug-likeness (QED) is 0.815. The van der Waals surface area contributed by atoms with Crippen LogP contribution in [0.2, 0.25) is 0 Å². The molecule has 0 amide bonds. The highest BCUT2D eigenvalue weighted by molar-refractivity contribution is 5.73. The maximum Gasteiger partial charge on any atom is 0.167 e. The molecule has 1 aromatic carbocycles. The molecule has 0 aliphatic rings. The highest BCUT2D eigenvalue weighted by Crippen LogP contribution is 2.30. The first kappa shape index (κ1) is 13.2. The Morgan fingerprint density at radius 3 is 2.89 bits per heavy atom. The summed E-state index contributed by atoms with van der Waals surface area (Å²) in [4.78, 5) is 0. The van der Waals surface area contributed by atoms with E-state index in [1.54, 1.807) is 23.1 Å². The number of nitrogens with zero attached hydrogens (tertiary/aromatic N) is 2. The summed E-state index contributed by atoms with van der Waals surface area (Å²) in [7, 11) is 1.81. The molecule has 0 radical (unpaired) electrons. The van der Waals surface area contributed by atoms with E-state index in [9.17, 15) is 4.39 Å². The minimum Gasteiger partial charge on any atom is -0.490 e. The number of aryl methyl sites for hydroxylation is 1. The number of nitrogen functional groups attached to an aromatic ring is 1. The van der Waals surface area contributed by atoms with Crippen LogP contribution < -0.4 is 15.8 Å². The first-order valence-corrected chi connectivity index (χ1v) is 6.07. The van der Waals surface area contributed by atoms with E-state index in [0.29, 0.717) is 18.0 Å². The molecule has 1 heterocycles. The van der Waals surface area contributed by atoms with E-state index in [1.807, 2.05) is 14.0 Å². The molecule has 0 fully saturated rings. The standard InChI is InChI=1S/C13H17FN4O/c1-3-4-19-13-6-12(11(15)5-10(13)14)17-9-7-16-18(2)8-9/h5-8,17H,3-4,15H2,1-2H3. The van der Waals surface area contributed by atoms with Crippen molar-refractivity contribution in [3.05, 3.63) is 30.3 Å². The van der Waals surface area contributed by atoms with Gasteiger partial charge in [0.2, 0.25) is 0 Å². The third-order valence-corrected chi connectivity index (χ3v) is 2.55. The molecule has 0 aliphatic carbocycles. The molecule has 5 nitrogen and oxygen atoms in total. The second kappa shape index (κ2) is 5.60. The molecule has 3 N–H and O–H groups in total. The van der Waals surface area contributed by atoms with Gasteiger partial charge in [-0.25, -0.2) is 4.39 Å². The van der Waals surface area contributed by atoms with Gasteiger partial charge in [0.25, 0.3) is 0 Å².